The van der Waals surface area contributed by atoms with Gasteiger partial charge in [-0.1, -0.05) is 17.3 Å². The molecule has 1 aromatic carbocycles. The van der Waals surface area contributed by atoms with Gasteiger partial charge in [0.05, 0.1) is 18.5 Å². The van der Waals surface area contributed by atoms with Crippen molar-refractivity contribution in [3.8, 4) is 5.69 Å². The molecule has 7 heteroatoms. The minimum atomic E-state index is -0.618. The Morgan fingerprint density at radius 2 is 2.05 bits per heavy atom. The topological polar surface area (TPSA) is 61.5 Å². The highest BCUT2D eigenvalue weighted by Crippen LogP contribution is 2.24. The Bertz CT molecular complexity index is 600. The number of hydrogen-bond acceptors (Lipinski definition) is 5. The molecule has 1 aromatic heterocycles. The quantitative estimate of drug-likeness (QED) is 0.701. The van der Waals surface area contributed by atoms with Crippen molar-refractivity contribution >= 4 is 6.72 Å². The first-order chi connectivity index (χ1) is 10.7. The van der Waals surface area contributed by atoms with Crippen LogP contribution in [0.5, 0.6) is 0 Å². The molecule has 0 fully saturated rings. The van der Waals surface area contributed by atoms with Crippen molar-refractivity contribution in [1.29, 1.82) is 0 Å². The molecule has 6 nitrogen and oxygen atoms in total. The smallest absolute Gasteiger partial charge is 0.115 e. The number of ether oxygens (including phenoxy) is 2. The number of rotatable bonds is 8. The average molecular weight is 306 g/mol. The molecule has 118 valence electrons. The molecular weight excluding hydrogens is 287 g/mol. The molecule has 0 aliphatic heterocycles. The molecule has 2 aromatic rings. The predicted octanol–water partition coefficient (Wildman–Crippen LogP) is 2.14. The Balaban J connectivity index is 2.19. The maximum absolute atomic E-state index is 13.0. The van der Waals surface area contributed by atoms with Crippen molar-refractivity contribution in [3.63, 3.8) is 0 Å². The van der Waals surface area contributed by atoms with Gasteiger partial charge in [0.15, 0.2) is 0 Å². The van der Waals surface area contributed by atoms with Crippen LogP contribution in [0.1, 0.15) is 17.4 Å². The van der Waals surface area contributed by atoms with Gasteiger partial charge in [0, 0.05) is 14.2 Å². The first-order valence-corrected chi connectivity index (χ1v) is 6.78. The molecule has 0 unspecified atom stereocenters. The van der Waals surface area contributed by atoms with Crippen molar-refractivity contribution in [2.24, 2.45) is 4.99 Å². The Morgan fingerprint density at radius 3 is 2.59 bits per heavy atom. The molecule has 0 bridgehead atoms. The van der Waals surface area contributed by atoms with Crippen LogP contribution in [0.3, 0.4) is 0 Å². The zero-order chi connectivity index (χ0) is 15.9. The molecule has 0 N–H and O–H groups in total. The summed E-state index contributed by atoms with van der Waals surface area (Å²) in [5, 5.41) is 8.04. The van der Waals surface area contributed by atoms with E-state index < -0.39 is 18.8 Å². The molecule has 0 amide bonds. The molecular formula is C15H19FN4O2. The summed E-state index contributed by atoms with van der Waals surface area (Å²) in [4.78, 5) is 3.77. The first kappa shape index (κ1) is 16.3. The van der Waals surface area contributed by atoms with Crippen molar-refractivity contribution in [3.05, 3.63) is 41.7 Å². The predicted molar refractivity (Wildman–Crippen MR) is 81.1 cm³/mol. The van der Waals surface area contributed by atoms with E-state index in [4.69, 9.17) is 9.47 Å². The highest BCUT2D eigenvalue weighted by molar-refractivity contribution is 5.35. The maximum atomic E-state index is 13.0. The highest BCUT2D eigenvalue weighted by Gasteiger charge is 2.21. The normalized spacial score (nSPS) is 13.8. The molecule has 0 aliphatic carbocycles. The number of benzene rings is 1. The molecule has 0 saturated carbocycles. The number of halogens is 1. The molecule has 22 heavy (non-hydrogen) atoms. The standard InChI is InChI=1S/C15H19FN4O2/c1-17-14(8-16)15(22-3)11-4-6-13(7-5-11)20-9-12(10-21-2)18-19-20/h4-7,9,14-15H,1,8,10H2,2-3H3/t14-,15-/m1/s1. The number of methoxy groups -OCH3 is 2. The van der Waals surface area contributed by atoms with Gasteiger partial charge in [-0.3, -0.25) is 4.99 Å². The van der Waals surface area contributed by atoms with Gasteiger partial charge in [-0.2, -0.15) is 0 Å². The average Bonchev–Trinajstić information content (AvgIpc) is 3.02. The van der Waals surface area contributed by atoms with E-state index in [9.17, 15) is 4.39 Å². The van der Waals surface area contributed by atoms with Crippen molar-refractivity contribution in [2.75, 3.05) is 20.9 Å². The van der Waals surface area contributed by atoms with Crippen LogP contribution in [0.25, 0.3) is 5.69 Å². The minimum Gasteiger partial charge on any atom is -0.378 e. The second-order valence-corrected chi connectivity index (χ2v) is 4.74. The van der Waals surface area contributed by atoms with Gasteiger partial charge in [0.1, 0.15) is 24.5 Å². The van der Waals surface area contributed by atoms with Crippen LogP contribution in [0, 0.1) is 0 Å². The summed E-state index contributed by atoms with van der Waals surface area (Å²) in [6.07, 6.45) is 1.33. The summed E-state index contributed by atoms with van der Waals surface area (Å²) in [6.45, 7) is 3.20. The SMILES string of the molecule is C=N[C@H](CF)[C@H](OC)c1ccc(-n2cc(COC)nn2)cc1. The number of aromatic nitrogens is 3. The summed E-state index contributed by atoms with van der Waals surface area (Å²) in [7, 11) is 3.13. The zero-order valence-electron chi connectivity index (χ0n) is 12.6. The van der Waals surface area contributed by atoms with Gasteiger partial charge < -0.3 is 9.47 Å². The lowest BCUT2D eigenvalue weighted by molar-refractivity contribution is 0.0731. The molecule has 1 heterocycles. The largest absolute Gasteiger partial charge is 0.378 e. The van der Waals surface area contributed by atoms with Gasteiger partial charge in [-0.05, 0) is 24.4 Å². The molecule has 2 atom stereocenters. The highest BCUT2D eigenvalue weighted by atomic mass is 19.1. The number of hydrogen-bond donors (Lipinski definition) is 0. The third kappa shape index (κ3) is 3.55. The molecule has 2 rings (SSSR count). The van der Waals surface area contributed by atoms with Crippen LogP contribution in [0.15, 0.2) is 35.5 Å². The van der Waals surface area contributed by atoms with E-state index >= 15 is 0 Å². The zero-order valence-corrected chi connectivity index (χ0v) is 12.6. The van der Waals surface area contributed by atoms with Gasteiger partial charge in [-0.25, -0.2) is 9.07 Å². The fraction of sp³-hybridized carbons (Fsp3) is 0.400. The third-order valence-electron chi connectivity index (χ3n) is 3.32. The lowest BCUT2D eigenvalue weighted by Crippen LogP contribution is -2.20. The summed E-state index contributed by atoms with van der Waals surface area (Å²) >= 11 is 0. The summed E-state index contributed by atoms with van der Waals surface area (Å²) < 4.78 is 24.9. The van der Waals surface area contributed by atoms with Gasteiger partial charge in [-0.15, -0.1) is 5.10 Å². The van der Waals surface area contributed by atoms with E-state index in [0.717, 1.165) is 16.9 Å². The summed E-state index contributed by atoms with van der Waals surface area (Å²) in [5.74, 6) is 0. The van der Waals surface area contributed by atoms with Crippen molar-refractivity contribution in [2.45, 2.75) is 18.8 Å². The summed E-state index contributed by atoms with van der Waals surface area (Å²) in [5.41, 5.74) is 2.42. The van der Waals surface area contributed by atoms with E-state index in [1.165, 1.54) is 7.11 Å². The van der Waals surface area contributed by atoms with Crippen LogP contribution in [-0.4, -0.2) is 48.6 Å². The third-order valence-corrected chi connectivity index (χ3v) is 3.32. The van der Waals surface area contributed by atoms with Gasteiger partial charge in [0.2, 0.25) is 0 Å². The molecule has 0 radical (unpaired) electrons. The lowest BCUT2D eigenvalue weighted by atomic mass is 10.0. The minimum absolute atomic E-state index is 0.410. The maximum Gasteiger partial charge on any atom is 0.115 e. The lowest BCUT2D eigenvalue weighted by Gasteiger charge is -2.20. The fourth-order valence-electron chi connectivity index (χ4n) is 2.20. The summed E-state index contributed by atoms with van der Waals surface area (Å²) in [6, 6.07) is 6.83. The van der Waals surface area contributed by atoms with E-state index in [2.05, 4.69) is 22.0 Å². The number of aliphatic imine (C=N–C) groups is 1. The van der Waals surface area contributed by atoms with Crippen LogP contribution in [0.4, 0.5) is 4.39 Å². The van der Waals surface area contributed by atoms with Gasteiger partial charge in [0.25, 0.3) is 0 Å². The second-order valence-electron chi connectivity index (χ2n) is 4.74. The van der Waals surface area contributed by atoms with E-state index in [0.29, 0.717) is 6.61 Å². The van der Waals surface area contributed by atoms with Crippen LogP contribution in [-0.2, 0) is 16.1 Å². The van der Waals surface area contributed by atoms with Crippen molar-refractivity contribution in [1.82, 2.24) is 15.0 Å². The molecule has 0 saturated heterocycles. The molecule has 0 spiro atoms. The Morgan fingerprint density at radius 1 is 1.32 bits per heavy atom. The Kier molecular flexibility index (Phi) is 5.74. The van der Waals surface area contributed by atoms with Crippen LogP contribution < -0.4 is 0 Å². The monoisotopic (exact) mass is 306 g/mol. The Labute approximate surface area is 128 Å². The van der Waals surface area contributed by atoms with Crippen LogP contribution >= 0.6 is 0 Å². The van der Waals surface area contributed by atoms with E-state index in [1.54, 1.807) is 18.0 Å². The van der Waals surface area contributed by atoms with Crippen molar-refractivity contribution < 1.29 is 13.9 Å². The first-order valence-electron chi connectivity index (χ1n) is 6.78. The molecule has 0 aliphatic rings. The van der Waals surface area contributed by atoms with E-state index in [-0.39, 0.29) is 0 Å². The number of alkyl halides is 1. The van der Waals surface area contributed by atoms with Crippen LogP contribution in [0.2, 0.25) is 0 Å². The number of nitrogens with zero attached hydrogens (tertiary/aromatic N) is 4. The van der Waals surface area contributed by atoms with E-state index in [1.807, 2.05) is 24.3 Å². The Hall–Kier alpha value is -2.12. The fourth-order valence-corrected chi connectivity index (χ4v) is 2.20. The van der Waals surface area contributed by atoms with Gasteiger partial charge >= 0.3 is 0 Å². The second kappa shape index (κ2) is 7.77.